The summed E-state index contributed by atoms with van der Waals surface area (Å²) in [5.74, 6) is -1.01. The summed E-state index contributed by atoms with van der Waals surface area (Å²) in [6.45, 7) is 0. The summed E-state index contributed by atoms with van der Waals surface area (Å²) in [7, 11) is 0. The molecule has 0 saturated carbocycles. The van der Waals surface area contributed by atoms with E-state index >= 15 is 0 Å². The molecule has 0 aliphatic carbocycles. The van der Waals surface area contributed by atoms with E-state index in [0.29, 0.717) is 0 Å². The molecule has 0 unspecified atom stereocenters. The van der Waals surface area contributed by atoms with Crippen LogP contribution in [0.15, 0.2) is 66.7 Å². The first kappa shape index (κ1) is 17.1. The van der Waals surface area contributed by atoms with E-state index < -0.39 is 10.8 Å². The van der Waals surface area contributed by atoms with Crippen molar-refractivity contribution in [2.75, 3.05) is 0 Å². The minimum absolute atomic E-state index is 0.0882. The van der Waals surface area contributed by atoms with Gasteiger partial charge in [-0.25, -0.2) is 0 Å². The van der Waals surface area contributed by atoms with Crippen LogP contribution in [0.4, 0.5) is 5.69 Å². The van der Waals surface area contributed by atoms with Gasteiger partial charge < -0.3 is 0 Å². The van der Waals surface area contributed by atoms with Crippen LogP contribution in [0, 0.1) is 10.1 Å². The maximum Gasteiger partial charge on any atom is 0.270 e. The van der Waals surface area contributed by atoms with Crippen molar-refractivity contribution >= 4 is 28.3 Å². The monoisotopic (exact) mass is 349 g/mol. The molecular formula is C19H15N3O4. The van der Waals surface area contributed by atoms with E-state index in [9.17, 15) is 19.7 Å². The SMILES string of the molecule is O=C(Cc1ccc2ccccc2c1)NNC(=O)c1cccc([N+](=O)[O-])c1. The highest BCUT2D eigenvalue weighted by molar-refractivity contribution is 5.96. The van der Waals surface area contributed by atoms with Gasteiger partial charge >= 0.3 is 0 Å². The molecule has 3 aromatic rings. The number of rotatable bonds is 4. The number of carbonyl (C=O) groups is 2. The predicted molar refractivity (Wildman–Crippen MR) is 96.4 cm³/mol. The second-order valence-electron chi connectivity index (χ2n) is 5.67. The number of nitro groups is 1. The molecule has 3 aromatic carbocycles. The molecule has 0 aromatic heterocycles. The maximum atomic E-state index is 12.0. The van der Waals surface area contributed by atoms with Crippen LogP contribution >= 0.6 is 0 Å². The van der Waals surface area contributed by atoms with Gasteiger partial charge in [-0.15, -0.1) is 0 Å². The van der Waals surface area contributed by atoms with Crippen molar-refractivity contribution in [1.82, 2.24) is 10.9 Å². The summed E-state index contributed by atoms with van der Waals surface area (Å²) >= 11 is 0. The van der Waals surface area contributed by atoms with Gasteiger partial charge in [0.2, 0.25) is 5.91 Å². The van der Waals surface area contributed by atoms with Crippen LogP contribution < -0.4 is 10.9 Å². The van der Waals surface area contributed by atoms with Crippen LogP contribution in [0.2, 0.25) is 0 Å². The molecule has 0 spiro atoms. The Morgan fingerprint density at radius 3 is 2.42 bits per heavy atom. The molecule has 26 heavy (non-hydrogen) atoms. The largest absolute Gasteiger partial charge is 0.273 e. The van der Waals surface area contributed by atoms with Gasteiger partial charge in [0.25, 0.3) is 11.6 Å². The second-order valence-corrected chi connectivity index (χ2v) is 5.67. The third-order valence-corrected chi connectivity index (χ3v) is 3.81. The average Bonchev–Trinajstić information content (AvgIpc) is 2.66. The van der Waals surface area contributed by atoms with Gasteiger partial charge in [-0.3, -0.25) is 30.6 Å². The highest BCUT2D eigenvalue weighted by atomic mass is 16.6. The summed E-state index contributed by atoms with van der Waals surface area (Å²) in [5, 5.41) is 12.8. The molecule has 7 heteroatoms. The van der Waals surface area contributed by atoms with Gasteiger partial charge in [0.15, 0.2) is 0 Å². The van der Waals surface area contributed by atoms with Gasteiger partial charge in [0, 0.05) is 17.7 Å². The molecule has 2 amide bonds. The fraction of sp³-hybridized carbons (Fsp3) is 0.0526. The quantitative estimate of drug-likeness (QED) is 0.558. The smallest absolute Gasteiger partial charge is 0.270 e. The van der Waals surface area contributed by atoms with Crippen LogP contribution in [0.3, 0.4) is 0 Å². The van der Waals surface area contributed by atoms with Gasteiger partial charge in [-0.05, 0) is 22.4 Å². The first-order valence-corrected chi connectivity index (χ1v) is 7.84. The second kappa shape index (κ2) is 7.43. The van der Waals surface area contributed by atoms with Gasteiger partial charge in [-0.2, -0.15) is 0 Å². The van der Waals surface area contributed by atoms with E-state index in [1.807, 2.05) is 42.5 Å². The van der Waals surface area contributed by atoms with E-state index in [0.717, 1.165) is 22.4 Å². The first-order valence-electron chi connectivity index (χ1n) is 7.84. The van der Waals surface area contributed by atoms with Gasteiger partial charge in [0.05, 0.1) is 11.3 Å². The van der Waals surface area contributed by atoms with Crippen molar-refractivity contribution < 1.29 is 14.5 Å². The van der Waals surface area contributed by atoms with E-state index in [2.05, 4.69) is 10.9 Å². The first-order chi connectivity index (χ1) is 12.5. The van der Waals surface area contributed by atoms with E-state index in [4.69, 9.17) is 0 Å². The lowest BCUT2D eigenvalue weighted by Crippen LogP contribution is -2.42. The molecule has 0 bridgehead atoms. The number of nitrogens with one attached hydrogen (secondary N) is 2. The summed E-state index contributed by atoms with van der Waals surface area (Å²) in [5.41, 5.74) is 5.28. The lowest BCUT2D eigenvalue weighted by Gasteiger charge is -2.08. The number of amides is 2. The maximum absolute atomic E-state index is 12.0. The number of benzene rings is 3. The normalized spacial score (nSPS) is 10.3. The number of hydrogen-bond donors (Lipinski definition) is 2. The van der Waals surface area contributed by atoms with E-state index in [-0.39, 0.29) is 23.6 Å². The Hall–Kier alpha value is -3.74. The fourth-order valence-electron chi connectivity index (χ4n) is 2.54. The Morgan fingerprint density at radius 2 is 1.65 bits per heavy atom. The van der Waals surface area contributed by atoms with Gasteiger partial charge in [-0.1, -0.05) is 48.5 Å². The van der Waals surface area contributed by atoms with Crippen LogP contribution in [-0.2, 0) is 11.2 Å². The Balaban J connectivity index is 1.60. The van der Waals surface area contributed by atoms with Crippen LogP contribution in [0.25, 0.3) is 10.8 Å². The third kappa shape index (κ3) is 4.02. The molecule has 0 fully saturated rings. The van der Waals surface area contributed by atoms with Crippen LogP contribution in [0.5, 0.6) is 0 Å². The molecule has 130 valence electrons. The fourth-order valence-corrected chi connectivity index (χ4v) is 2.54. The minimum Gasteiger partial charge on any atom is -0.273 e. The predicted octanol–water partition coefficient (Wildman–Crippen LogP) is 2.75. The Kier molecular flexibility index (Phi) is 4.89. The summed E-state index contributed by atoms with van der Waals surface area (Å²) in [6.07, 6.45) is 0.0973. The summed E-state index contributed by atoms with van der Waals surface area (Å²) < 4.78 is 0. The highest BCUT2D eigenvalue weighted by Crippen LogP contribution is 2.16. The topological polar surface area (TPSA) is 101 Å². The number of nitro benzene ring substituents is 1. The molecule has 0 radical (unpaired) electrons. The standard InChI is InChI=1S/C19H15N3O4/c23-18(11-13-8-9-14-4-1-2-5-15(14)10-13)20-21-19(24)16-6-3-7-17(12-16)22(25)26/h1-10,12H,11H2,(H,20,23)(H,21,24). The molecule has 0 aliphatic heterocycles. The number of hydrazine groups is 1. The molecule has 3 rings (SSSR count). The zero-order chi connectivity index (χ0) is 18.5. The zero-order valence-electron chi connectivity index (χ0n) is 13.6. The number of nitrogens with zero attached hydrogens (tertiary/aromatic N) is 1. The van der Waals surface area contributed by atoms with Crippen molar-refractivity contribution in [2.24, 2.45) is 0 Å². The Morgan fingerprint density at radius 1 is 0.885 bits per heavy atom. The molecule has 0 saturated heterocycles. The van der Waals surface area contributed by atoms with Crippen molar-refractivity contribution in [2.45, 2.75) is 6.42 Å². The molecule has 0 heterocycles. The Labute approximate surface area is 148 Å². The van der Waals surface area contributed by atoms with E-state index in [1.165, 1.54) is 18.2 Å². The van der Waals surface area contributed by atoms with Gasteiger partial charge in [0.1, 0.15) is 0 Å². The number of carbonyl (C=O) groups excluding carboxylic acids is 2. The summed E-state index contributed by atoms with van der Waals surface area (Å²) in [4.78, 5) is 34.2. The average molecular weight is 349 g/mol. The number of fused-ring (bicyclic) bond motifs is 1. The Bertz CT molecular complexity index is 1000. The van der Waals surface area contributed by atoms with Crippen LogP contribution in [0.1, 0.15) is 15.9 Å². The van der Waals surface area contributed by atoms with Crippen molar-refractivity contribution in [3.8, 4) is 0 Å². The molecular weight excluding hydrogens is 334 g/mol. The van der Waals surface area contributed by atoms with Crippen molar-refractivity contribution in [3.63, 3.8) is 0 Å². The molecule has 2 N–H and O–H groups in total. The molecule has 0 atom stereocenters. The lowest BCUT2D eigenvalue weighted by molar-refractivity contribution is -0.384. The number of non-ortho nitro benzene ring substituents is 1. The minimum atomic E-state index is -0.624. The van der Waals surface area contributed by atoms with Crippen molar-refractivity contribution in [3.05, 3.63) is 88.0 Å². The third-order valence-electron chi connectivity index (χ3n) is 3.81. The summed E-state index contributed by atoms with van der Waals surface area (Å²) in [6, 6.07) is 18.8. The van der Waals surface area contributed by atoms with E-state index in [1.54, 1.807) is 0 Å². The van der Waals surface area contributed by atoms with Crippen LogP contribution in [-0.4, -0.2) is 16.7 Å². The molecule has 0 aliphatic rings. The molecule has 7 nitrogen and oxygen atoms in total. The van der Waals surface area contributed by atoms with Crippen molar-refractivity contribution in [1.29, 1.82) is 0 Å². The zero-order valence-corrected chi connectivity index (χ0v) is 13.6. The number of hydrogen-bond acceptors (Lipinski definition) is 4. The lowest BCUT2D eigenvalue weighted by atomic mass is 10.1. The highest BCUT2D eigenvalue weighted by Gasteiger charge is 2.12.